The molecule has 1 aliphatic heterocycles. The van der Waals surface area contributed by atoms with Crippen molar-refractivity contribution in [1.82, 2.24) is 0 Å². The van der Waals surface area contributed by atoms with Gasteiger partial charge < -0.3 is 19.0 Å². The maximum absolute atomic E-state index is 11.7. The maximum Gasteiger partial charge on any atom is 0.331 e. The summed E-state index contributed by atoms with van der Waals surface area (Å²) in [4.78, 5) is 33.4. The number of cyclic esters (lactones) is 1. The summed E-state index contributed by atoms with van der Waals surface area (Å²) in [5, 5.41) is 9.50. The Kier molecular flexibility index (Phi) is 8.76. The minimum absolute atomic E-state index is 0.187. The first-order valence-corrected chi connectivity index (χ1v) is 8.68. The summed E-state index contributed by atoms with van der Waals surface area (Å²) >= 11 is 0. The summed E-state index contributed by atoms with van der Waals surface area (Å²) < 4.78 is 16.0. The molecule has 0 aromatic carbocycles. The molecule has 1 atom stereocenters. The number of rotatable bonds is 7. The normalized spacial score (nSPS) is 15.3. The summed E-state index contributed by atoms with van der Waals surface area (Å²) in [6.45, 7) is 5.68. The van der Waals surface area contributed by atoms with Crippen LogP contribution in [0, 0.1) is 19.8 Å². The summed E-state index contributed by atoms with van der Waals surface area (Å²) in [7, 11) is 0. The van der Waals surface area contributed by atoms with Crippen molar-refractivity contribution >= 4 is 30.1 Å². The first-order valence-electron chi connectivity index (χ1n) is 8.68. The molecule has 2 rings (SSSR count). The average Bonchev–Trinajstić information content (AvgIpc) is 3.22. The third-order valence-electron chi connectivity index (χ3n) is 4.03. The van der Waals surface area contributed by atoms with Crippen molar-refractivity contribution in [2.24, 2.45) is 0 Å². The molecule has 28 heavy (non-hydrogen) atoms. The van der Waals surface area contributed by atoms with Crippen LogP contribution in [0.2, 0.25) is 0 Å². The topological polar surface area (TPSA) is 103 Å². The highest BCUT2D eigenvalue weighted by Crippen LogP contribution is 2.19. The number of carboxylic acids is 1. The molecule has 1 aromatic heterocycles. The van der Waals surface area contributed by atoms with Gasteiger partial charge in [-0.2, -0.15) is 0 Å². The minimum Gasteiger partial charge on any atom is -0.481 e. The molecule has 7 heteroatoms. The second-order valence-corrected chi connectivity index (χ2v) is 6.00. The number of carboxylic acid groups (broad SMARTS) is 1. The fourth-order valence-electron chi connectivity index (χ4n) is 2.71. The molecule has 1 N–H and O–H groups in total. The highest BCUT2D eigenvalue weighted by atomic mass is 16.6. The van der Waals surface area contributed by atoms with Crippen LogP contribution in [-0.2, 0) is 23.9 Å². The van der Waals surface area contributed by atoms with E-state index in [1.165, 1.54) is 6.08 Å². The fourth-order valence-corrected chi connectivity index (χ4v) is 2.71. The molecule has 7 nitrogen and oxygen atoms in total. The summed E-state index contributed by atoms with van der Waals surface area (Å²) in [5.41, 5.74) is 2.37. The lowest BCUT2D eigenvalue weighted by atomic mass is 10.1. The number of hydrogen-bond acceptors (Lipinski definition) is 6. The summed E-state index contributed by atoms with van der Waals surface area (Å²) in [6.07, 6.45) is 12.7. The van der Waals surface area contributed by atoms with Crippen molar-refractivity contribution in [1.29, 1.82) is 0 Å². The van der Waals surface area contributed by atoms with Crippen molar-refractivity contribution in [3.63, 3.8) is 0 Å². The average molecular weight is 388 g/mol. The zero-order valence-corrected chi connectivity index (χ0v) is 16.2. The van der Waals surface area contributed by atoms with E-state index in [-0.39, 0.29) is 18.8 Å². The Balaban J connectivity index is 0.00000190. The Bertz CT molecular complexity index is 899. The zero-order valence-electron chi connectivity index (χ0n) is 16.2. The molecule has 0 radical (unpaired) electrons. The van der Waals surface area contributed by atoms with Gasteiger partial charge in [0, 0.05) is 16.9 Å². The smallest absolute Gasteiger partial charge is 0.331 e. The molecular formula is C21H24O7. The van der Waals surface area contributed by atoms with Crippen molar-refractivity contribution in [3.8, 4) is 12.8 Å². The fraction of sp³-hybridized carbons (Fsp3) is 0.381. The number of carbonyl (C=O) groups excluding carboxylic acids is 2. The minimum atomic E-state index is -1.05. The molecule has 0 fully saturated rings. The number of terminal acetylenes is 1. The molecule has 1 aromatic rings. The number of ether oxygens (including phenoxy) is 2. The van der Waals surface area contributed by atoms with Crippen LogP contribution in [0.5, 0.6) is 0 Å². The van der Waals surface area contributed by atoms with Gasteiger partial charge in [0.15, 0.2) is 6.10 Å². The van der Waals surface area contributed by atoms with Gasteiger partial charge in [-0.15, -0.1) is 12.8 Å². The van der Waals surface area contributed by atoms with Gasteiger partial charge >= 0.3 is 17.9 Å². The van der Waals surface area contributed by atoms with E-state index in [1.807, 2.05) is 26.0 Å². The van der Waals surface area contributed by atoms with Crippen LogP contribution in [0.25, 0.3) is 12.2 Å². The predicted octanol–water partition coefficient (Wildman–Crippen LogP) is 1.76. The van der Waals surface area contributed by atoms with Gasteiger partial charge in [0.1, 0.15) is 17.8 Å². The number of aliphatic carboxylic acids is 1. The van der Waals surface area contributed by atoms with Gasteiger partial charge in [-0.05, 0) is 38.8 Å². The SMILES string of the molecule is C#C.C/C=c1/oc(C(C)OC(=O)CCC(=O)O)c(C)/c1=C/CC1=CC(=O)OC1. The second-order valence-electron chi connectivity index (χ2n) is 6.00. The van der Waals surface area contributed by atoms with Crippen LogP contribution in [0.3, 0.4) is 0 Å². The van der Waals surface area contributed by atoms with Gasteiger partial charge in [-0.25, -0.2) is 4.79 Å². The first kappa shape index (κ1) is 22.8. The van der Waals surface area contributed by atoms with Gasteiger partial charge in [0.25, 0.3) is 0 Å². The molecule has 150 valence electrons. The molecule has 0 spiro atoms. The van der Waals surface area contributed by atoms with Crippen LogP contribution in [0.1, 0.15) is 50.5 Å². The number of furan rings is 1. The van der Waals surface area contributed by atoms with Crippen molar-refractivity contribution in [2.75, 3.05) is 6.61 Å². The van der Waals surface area contributed by atoms with Crippen LogP contribution in [0.4, 0.5) is 0 Å². The lowest BCUT2D eigenvalue weighted by Crippen LogP contribution is -2.21. The molecule has 0 saturated carbocycles. The van der Waals surface area contributed by atoms with Gasteiger partial charge in [-0.3, -0.25) is 9.59 Å². The van der Waals surface area contributed by atoms with Gasteiger partial charge in [0.05, 0.1) is 12.8 Å². The van der Waals surface area contributed by atoms with Crippen molar-refractivity contribution < 1.29 is 33.4 Å². The van der Waals surface area contributed by atoms with Gasteiger partial charge in [0.2, 0.25) is 0 Å². The van der Waals surface area contributed by atoms with Crippen LogP contribution in [0.15, 0.2) is 16.1 Å². The molecular weight excluding hydrogens is 364 g/mol. The van der Waals surface area contributed by atoms with E-state index in [0.717, 1.165) is 16.4 Å². The molecule has 0 aliphatic carbocycles. The van der Waals surface area contributed by atoms with E-state index in [9.17, 15) is 14.4 Å². The van der Waals surface area contributed by atoms with E-state index >= 15 is 0 Å². The lowest BCUT2D eigenvalue weighted by molar-refractivity contribution is -0.152. The summed E-state index contributed by atoms with van der Waals surface area (Å²) in [6, 6.07) is 0. The quantitative estimate of drug-likeness (QED) is 0.561. The molecule has 0 saturated heterocycles. The standard InChI is InChI=1S/C19H22O7.C2H2/c1-4-15-14(6-5-13-9-18(23)24-10-13)11(2)19(26-15)12(3)25-17(22)8-7-16(20)21;1-2/h4,6,9,12H,5,7-8,10H2,1-3H3,(H,20,21);1-2H/b14-6-,15-4+;. The maximum atomic E-state index is 11.7. The molecule has 0 bridgehead atoms. The van der Waals surface area contributed by atoms with Gasteiger partial charge in [-0.1, -0.05) is 6.08 Å². The van der Waals surface area contributed by atoms with E-state index < -0.39 is 18.0 Å². The molecule has 1 unspecified atom stereocenters. The Morgan fingerprint density at radius 1 is 1.36 bits per heavy atom. The zero-order chi connectivity index (χ0) is 21.3. The molecule has 2 heterocycles. The Hall–Kier alpha value is -3.27. The summed E-state index contributed by atoms with van der Waals surface area (Å²) in [5.74, 6) is -1.45. The largest absolute Gasteiger partial charge is 0.481 e. The Morgan fingerprint density at radius 2 is 2.04 bits per heavy atom. The first-order chi connectivity index (χ1) is 13.3. The van der Waals surface area contributed by atoms with E-state index in [2.05, 4.69) is 12.8 Å². The monoisotopic (exact) mass is 388 g/mol. The van der Waals surface area contributed by atoms with Crippen LogP contribution in [-0.4, -0.2) is 29.6 Å². The lowest BCUT2D eigenvalue weighted by Gasteiger charge is -2.11. The van der Waals surface area contributed by atoms with E-state index in [0.29, 0.717) is 24.2 Å². The molecule has 0 amide bonds. The van der Waals surface area contributed by atoms with E-state index in [1.54, 1.807) is 6.92 Å². The Morgan fingerprint density at radius 3 is 2.57 bits per heavy atom. The third-order valence-corrected chi connectivity index (χ3v) is 4.03. The second kappa shape index (κ2) is 10.8. The number of hydrogen-bond donors (Lipinski definition) is 1. The highest BCUT2D eigenvalue weighted by molar-refractivity contribution is 5.85. The third kappa shape index (κ3) is 6.16. The van der Waals surface area contributed by atoms with Crippen LogP contribution < -0.4 is 10.6 Å². The number of carbonyl (C=O) groups is 3. The predicted molar refractivity (Wildman–Crippen MR) is 102 cm³/mol. The molecule has 1 aliphatic rings. The van der Waals surface area contributed by atoms with Crippen molar-refractivity contribution in [2.45, 2.75) is 46.1 Å². The number of esters is 2. The van der Waals surface area contributed by atoms with Crippen molar-refractivity contribution in [3.05, 3.63) is 33.6 Å². The van der Waals surface area contributed by atoms with E-state index in [4.69, 9.17) is 19.0 Å². The highest BCUT2D eigenvalue weighted by Gasteiger charge is 2.19. The Labute approximate surface area is 163 Å². The van der Waals surface area contributed by atoms with Crippen LogP contribution >= 0.6 is 0 Å².